The summed E-state index contributed by atoms with van der Waals surface area (Å²) in [7, 11) is 1.61. The summed E-state index contributed by atoms with van der Waals surface area (Å²) in [6, 6.07) is 0. The smallest absolute Gasteiger partial charge is 0.377 e. The predicted octanol–water partition coefficient (Wildman–Crippen LogP) is 4.58. The Morgan fingerprint density at radius 3 is 2.67 bits per heavy atom. The monoisotopic (exact) mass is 304 g/mol. The van der Waals surface area contributed by atoms with E-state index in [0.29, 0.717) is 13.0 Å². The number of hydrogen-bond donors (Lipinski definition) is 0. The van der Waals surface area contributed by atoms with E-state index in [9.17, 15) is 13.2 Å². The van der Waals surface area contributed by atoms with Crippen molar-refractivity contribution in [3.05, 3.63) is 35.5 Å². The summed E-state index contributed by atoms with van der Waals surface area (Å²) in [6.07, 6.45) is 4.43. The molecule has 0 radical (unpaired) electrons. The van der Waals surface area contributed by atoms with E-state index < -0.39 is 11.7 Å². The van der Waals surface area contributed by atoms with Crippen molar-refractivity contribution in [2.24, 2.45) is 0 Å². The first-order valence-corrected chi connectivity index (χ1v) is 7.12. The van der Waals surface area contributed by atoms with Crippen molar-refractivity contribution in [2.45, 2.75) is 44.9 Å². The molecule has 0 aromatic heterocycles. The highest BCUT2D eigenvalue weighted by Crippen LogP contribution is 2.29. The molecule has 2 nitrogen and oxygen atoms in total. The lowest BCUT2D eigenvalue weighted by atomic mass is 10.1. The van der Waals surface area contributed by atoms with Crippen molar-refractivity contribution in [1.82, 2.24) is 0 Å². The van der Waals surface area contributed by atoms with Gasteiger partial charge in [-0.15, -0.1) is 0 Å². The van der Waals surface area contributed by atoms with Crippen LogP contribution in [0.5, 0.6) is 0 Å². The summed E-state index contributed by atoms with van der Waals surface area (Å²) in [4.78, 5) is 0. The molecule has 1 heterocycles. The first-order chi connectivity index (χ1) is 9.93. The highest BCUT2D eigenvalue weighted by Gasteiger charge is 2.32. The van der Waals surface area contributed by atoms with Crippen LogP contribution >= 0.6 is 0 Å². The predicted molar refractivity (Wildman–Crippen MR) is 77.1 cm³/mol. The molecule has 0 fully saturated rings. The number of halogens is 3. The minimum absolute atomic E-state index is 0.00949. The summed E-state index contributed by atoms with van der Waals surface area (Å²) in [5, 5.41) is 0. The fourth-order valence-electron chi connectivity index (χ4n) is 2.07. The van der Waals surface area contributed by atoms with Crippen LogP contribution in [0.2, 0.25) is 0 Å². The third kappa shape index (κ3) is 7.48. The lowest BCUT2D eigenvalue weighted by molar-refractivity contribution is -0.0945. The number of rotatable bonds is 1. The van der Waals surface area contributed by atoms with Gasteiger partial charge in [0.25, 0.3) is 0 Å². The molecule has 0 spiro atoms. The van der Waals surface area contributed by atoms with Crippen LogP contribution in [0.3, 0.4) is 0 Å². The Morgan fingerprint density at radius 2 is 2.00 bits per heavy atom. The zero-order valence-corrected chi connectivity index (χ0v) is 12.6. The van der Waals surface area contributed by atoms with E-state index in [1.54, 1.807) is 13.2 Å². The van der Waals surface area contributed by atoms with Gasteiger partial charge in [-0.3, -0.25) is 0 Å². The van der Waals surface area contributed by atoms with Gasteiger partial charge in [0.1, 0.15) is 0 Å². The van der Waals surface area contributed by atoms with Gasteiger partial charge < -0.3 is 9.47 Å². The molecule has 0 aromatic carbocycles. The average molecular weight is 304 g/mol. The Bertz CT molecular complexity index is 395. The molecule has 0 unspecified atom stereocenters. The number of methoxy groups -OCH3 is 1. The highest BCUT2D eigenvalue weighted by molar-refractivity contribution is 5.11. The van der Waals surface area contributed by atoms with Gasteiger partial charge in [-0.05, 0) is 32.6 Å². The Hall–Kier alpha value is -1.07. The number of hydrogen-bond acceptors (Lipinski definition) is 2. The van der Waals surface area contributed by atoms with Crippen molar-refractivity contribution in [2.75, 3.05) is 20.3 Å². The van der Waals surface area contributed by atoms with Crippen molar-refractivity contribution in [3.8, 4) is 0 Å². The minimum Gasteiger partial charge on any atom is -0.377 e. The topological polar surface area (TPSA) is 18.5 Å². The van der Waals surface area contributed by atoms with Crippen LogP contribution in [0.25, 0.3) is 0 Å². The van der Waals surface area contributed by atoms with E-state index in [1.165, 1.54) is 0 Å². The first-order valence-electron chi connectivity index (χ1n) is 7.12. The molecule has 0 bridgehead atoms. The lowest BCUT2D eigenvalue weighted by Crippen LogP contribution is -2.13. The molecule has 1 aliphatic heterocycles. The molecule has 5 heteroatoms. The molecule has 0 saturated carbocycles. The Labute approximate surface area is 124 Å². The van der Waals surface area contributed by atoms with Crippen molar-refractivity contribution >= 4 is 0 Å². The number of allylic oxidation sites excluding steroid dienone is 3. The summed E-state index contributed by atoms with van der Waals surface area (Å²) in [6.45, 7) is 2.26. The van der Waals surface area contributed by atoms with Gasteiger partial charge in [0.15, 0.2) is 0 Å². The molecule has 1 rings (SSSR count). The molecule has 1 aliphatic rings. The van der Waals surface area contributed by atoms with Crippen LogP contribution in [0, 0.1) is 0 Å². The van der Waals surface area contributed by atoms with Crippen molar-refractivity contribution in [1.29, 1.82) is 0 Å². The average Bonchev–Trinajstić information content (AvgIpc) is 2.41. The van der Waals surface area contributed by atoms with Crippen LogP contribution < -0.4 is 0 Å². The molecule has 0 saturated heterocycles. The van der Waals surface area contributed by atoms with Gasteiger partial charge >= 0.3 is 6.18 Å². The van der Waals surface area contributed by atoms with Gasteiger partial charge in [0.05, 0.1) is 19.3 Å². The zero-order chi connectivity index (χ0) is 15.7. The normalized spacial score (nSPS) is 29.7. The summed E-state index contributed by atoms with van der Waals surface area (Å²) in [5.41, 5.74) is 0.493. The van der Waals surface area contributed by atoms with Gasteiger partial charge in [0.2, 0.25) is 0 Å². The lowest BCUT2D eigenvalue weighted by Gasteiger charge is -2.13. The van der Waals surface area contributed by atoms with E-state index in [0.717, 1.165) is 24.5 Å². The molecule has 0 amide bonds. The number of ether oxygens (including phenoxy) is 2. The summed E-state index contributed by atoms with van der Waals surface area (Å²) < 4.78 is 49.1. The quantitative estimate of drug-likeness (QED) is 0.660. The van der Waals surface area contributed by atoms with E-state index in [-0.39, 0.29) is 19.1 Å². The van der Waals surface area contributed by atoms with Crippen LogP contribution in [0.4, 0.5) is 13.2 Å². The van der Waals surface area contributed by atoms with Gasteiger partial charge in [-0.1, -0.05) is 29.9 Å². The third-order valence-electron chi connectivity index (χ3n) is 3.32. The second-order valence-electron chi connectivity index (χ2n) is 5.11. The van der Waals surface area contributed by atoms with E-state index in [2.05, 4.69) is 0 Å². The SMILES string of the molecule is CO[C@H]1/C=C/CC/C(C(F)(F)F)=C/COC/C(C)=C\CC1. The summed E-state index contributed by atoms with van der Waals surface area (Å²) in [5.74, 6) is 0. The van der Waals surface area contributed by atoms with Gasteiger partial charge in [-0.2, -0.15) is 13.2 Å². The maximum Gasteiger partial charge on any atom is 0.412 e. The molecule has 1 atom stereocenters. The van der Waals surface area contributed by atoms with Gasteiger partial charge in [0, 0.05) is 12.7 Å². The zero-order valence-electron chi connectivity index (χ0n) is 12.6. The van der Waals surface area contributed by atoms with E-state index in [1.807, 2.05) is 19.1 Å². The minimum atomic E-state index is -4.29. The number of alkyl halides is 3. The molecule has 0 aliphatic carbocycles. The van der Waals surface area contributed by atoms with Crippen molar-refractivity contribution in [3.63, 3.8) is 0 Å². The highest BCUT2D eigenvalue weighted by atomic mass is 19.4. The third-order valence-corrected chi connectivity index (χ3v) is 3.32. The maximum absolute atomic E-state index is 12.9. The fourth-order valence-corrected chi connectivity index (χ4v) is 2.07. The second-order valence-corrected chi connectivity index (χ2v) is 5.11. The summed E-state index contributed by atoms with van der Waals surface area (Å²) >= 11 is 0. The van der Waals surface area contributed by atoms with Gasteiger partial charge in [-0.25, -0.2) is 0 Å². The Kier molecular flexibility index (Phi) is 7.75. The Balaban J connectivity index is 2.78. The molecule has 21 heavy (non-hydrogen) atoms. The van der Waals surface area contributed by atoms with E-state index in [4.69, 9.17) is 9.47 Å². The largest absolute Gasteiger partial charge is 0.412 e. The van der Waals surface area contributed by atoms with Crippen LogP contribution in [-0.4, -0.2) is 32.6 Å². The van der Waals surface area contributed by atoms with Crippen LogP contribution in [0.15, 0.2) is 35.5 Å². The van der Waals surface area contributed by atoms with Crippen molar-refractivity contribution < 1.29 is 22.6 Å². The molecular formula is C16H23F3O2. The van der Waals surface area contributed by atoms with E-state index >= 15 is 0 Å². The van der Waals surface area contributed by atoms with Crippen LogP contribution in [-0.2, 0) is 9.47 Å². The molecular weight excluding hydrogens is 281 g/mol. The standard InChI is InChI=1S/C16H23F3O2/c1-13-6-5-9-15(20-2)8-4-3-7-14(16(17,18)19)10-11-21-12-13/h4,6,8,10,15H,3,5,7,9,11-12H2,1-2H3/b8-4+,13-6-,14-10-/t15-/m0/s1. The van der Waals surface area contributed by atoms with Crippen LogP contribution in [0.1, 0.15) is 32.6 Å². The fraction of sp³-hybridized carbons (Fsp3) is 0.625. The maximum atomic E-state index is 12.9. The Morgan fingerprint density at radius 1 is 1.24 bits per heavy atom. The molecule has 120 valence electrons. The second kappa shape index (κ2) is 9.05. The molecule has 0 aromatic rings. The molecule has 0 N–H and O–H groups in total. The first kappa shape index (κ1) is 18.0.